The van der Waals surface area contributed by atoms with Gasteiger partial charge in [-0.15, -0.1) is 0 Å². The molecule has 0 aromatic heterocycles. The third kappa shape index (κ3) is 2.22. The van der Waals surface area contributed by atoms with Gasteiger partial charge in [-0.2, -0.15) is 0 Å². The Bertz CT molecular complexity index is 1080. The number of allylic oxidation sites excluding steroid dienone is 1. The summed E-state index contributed by atoms with van der Waals surface area (Å²) < 4.78 is 0. The van der Waals surface area contributed by atoms with E-state index in [9.17, 15) is 4.79 Å². The highest BCUT2D eigenvalue weighted by molar-refractivity contribution is 6.12. The molecule has 2 heteroatoms. The molecule has 1 heterocycles. The molecule has 0 amide bonds. The Balaban J connectivity index is 1.81. The molecule has 2 aliphatic rings. The summed E-state index contributed by atoms with van der Waals surface area (Å²) in [6.07, 6.45) is 2.58. The second-order valence-electron chi connectivity index (χ2n) is 7.31. The lowest BCUT2D eigenvalue weighted by molar-refractivity contribution is -0.116. The molecule has 0 spiro atoms. The number of hydrogen-bond acceptors (Lipinski definition) is 2. The van der Waals surface area contributed by atoms with E-state index in [1.54, 1.807) is 0 Å². The topological polar surface area (TPSA) is 29.1 Å². The quantitative estimate of drug-likeness (QED) is 0.605. The van der Waals surface area contributed by atoms with Gasteiger partial charge in [0.15, 0.2) is 5.78 Å². The highest BCUT2D eigenvalue weighted by Crippen LogP contribution is 2.48. The summed E-state index contributed by atoms with van der Waals surface area (Å²) in [5.41, 5.74) is 7.03. The number of benzene rings is 3. The Hall–Kier alpha value is -2.87. The molecule has 0 fully saturated rings. The van der Waals surface area contributed by atoms with E-state index in [0.717, 1.165) is 24.1 Å². The minimum absolute atomic E-state index is 0.0485. The van der Waals surface area contributed by atoms with Crippen molar-refractivity contribution in [2.45, 2.75) is 32.2 Å². The van der Waals surface area contributed by atoms with E-state index in [1.165, 1.54) is 33.0 Å². The van der Waals surface area contributed by atoms with Crippen LogP contribution < -0.4 is 5.32 Å². The van der Waals surface area contributed by atoms with Gasteiger partial charge in [-0.3, -0.25) is 4.79 Å². The van der Waals surface area contributed by atoms with Crippen LogP contribution in [-0.4, -0.2) is 5.78 Å². The van der Waals surface area contributed by atoms with E-state index in [1.807, 2.05) is 0 Å². The Kier molecular flexibility index (Phi) is 3.46. The van der Waals surface area contributed by atoms with Crippen LogP contribution in [0.2, 0.25) is 0 Å². The first-order valence-electron chi connectivity index (χ1n) is 9.34. The van der Waals surface area contributed by atoms with Crippen molar-refractivity contribution in [2.24, 2.45) is 0 Å². The van der Waals surface area contributed by atoms with Crippen LogP contribution in [0.25, 0.3) is 16.3 Å². The van der Waals surface area contributed by atoms with Crippen LogP contribution in [0, 0.1) is 6.92 Å². The zero-order chi connectivity index (χ0) is 17.7. The predicted molar refractivity (Wildman–Crippen MR) is 107 cm³/mol. The molecule has 26 heavy (non-hydrogen) atoms. The summed E-state index contributed by atoms with van der Waals surface area (Å²) in [6, 6.07) is 21.2. The first-order chi connectivity index (χ1) is 12.7. The average Bonchev–Trinajstić information content (AvgIpc) is 2.67. The van der Waals surface area contributed by atoms with Crippen LogP contribution in [0.3, 0.4) is 0 Å². The van der Waals surface area contributed by atoms with Gasteiger partial charge in [0, 0.05) is 23.2 Å². The number of fused-ring (bicyclic) bond motifs is 4. The van der Waals surface area contributed by atoms with Crippen molar-refractivity contribution in [3.05, 3.63) is 82.9 Å². The van der Waals surface area contributed by atoms with Gasteiger partial charge < -0.3 is 5.32 Å². The van der Waals surface area contributed by atoms with Crippen LogP contribution >= 0.6 is 0 Å². The number of hydrogen-bond donors (Lipinski definition) is 1. The van der Waals surface area contributed by atoms with E-state index in [4.69, 9.17) is 0 Å². The summed E-state index contributed by atoms with van der Waals surface area (Å²) >= 11 is 0. The van der Waals surface area contributed by atoms with Gasteiger partial charge in [-0.05, 0) is 53.3 Å². The third-order valence-electron chi connectivity index (χ3n) is 5.77. The molecule has 3 aromatic carbocycles. The molecule has 1 aliphatic heterocycles. The van der Waals surface area contributed by atoms with Gasteiger partial charge in [-0.25, -0.2) is 0 Å². The monoisotopic (exact) mass is 339 g/mol. The van der Waals surface area contributed by atoms with Crippen LogP contribution in [0.4, 0.5) is 5.69 Å². The van der Waals surface area contributed by atoms with Crippen molar-refractivity contribution in [1.29, 1.82) is 0 Å². The first kappa shape index (κ1) is 15.4. The fourth-order valence-electron chi connectivity index (χ4n) is 4.55. The summed E-state index contributed by atoms with van der Waals surface area (Å²) in [4.78, 5) is 13.0. The van der Waals surface area contributed by atoms with Gasteiger partial charge in [0.05, 0.1) is 6.04 Å². The van der Waals surface area contributed by atoms with Crippen LogP contribution in [0.5, 0.6) is 0 Å². The molecule has 0 saturated carbocycles. The Morgan fingerprint density at radius 1 is 0.923 bits per heavy atom. The molecule has 0 saturated heterocycles. The van der Waals surface area contributed by atoms with Crippen molar-refractivity contribution in [3.63, 3.8) is 0 Å². The van der Waals surface area contributed by atoms with Crippen molar-refractivity contribution >= 4 is 27.8 Å². The molecular weight excluding hydrogens is 318 g/mol. The molecule has 3 aromatic rings. The maximum absolute atomic E-state index is 13.0. The van der Waals surface area contributed by atoms with Crippen molar-refractivity contribution in [2.75, 3.05) is 5.32 Å². The lowest BCUT2D eigenvalue weighted by atomic mass is 9.76. The average molecular weight is 339 g/mol. The molecule has 2 nitrogen and oxygen atoms in total. The summed E-state index contributed by atoms with van der Waals surface area (Å²) in [5, 5.41) is 6.16. The SMILES string of the molecule is Cc1ccccc1[C@@H]1Nc2ccc3ccccc3c2C2=C1C(=O)CCC2. The maximum Gasteiger partial charge on any atom is 0.161 e. The Morgan fingerprint density at radius 3 is 2.62 bits per heavy atom. The zero-order valence-electron chi connectivity index (χ0n) is 14.9. The Labute approximate surface area is 153 Å². The number of rotatable bonds is 1. The maximum atomic E-state index is 13.0. The zero-order valence-corrected chi connectivity index (χ0v) is 14.9. The minimum atomic E-state index is -0.0485. The lowest BCUT2D eigenvalue weighted by Crippen LogP contribution is -2.27. The fourth-order valence-corrected chi connectivity index (χ4v) is 4.55. The number of ketones is 1. The standard InChI is InChI=1S/C24H21NO/c1-15-7-2-4-9-17(15)24-23-19(11-6-12-21(23)26)22-18-10-5-3-8-16(18)13-14-20(22)25-24/h2-5,7-10,13-14,24-25H,6,11-12H2,1H3/t24-/m0/s1. The molecule has 0 radical (unpaired) electrons. The summed E-state index contributed by atoms with van der Waals surface area (Å²) in [5.74, 6) is 0.297. The highest BCUT2D eigenvalue weighted by atomic mass is 16.1. The van der Waals surface area contributed by atoms with Gasteiger partial charge in [0.25, 0.3) is 0 Å². The van der Waals surface area contributed by atoms with Crippen molar-refractivity contribution in [3.8, 4) is 0 Å². The van der Waals surface area contributed by atoms with Crippen LogP contribution in [0.1, 0.15) is 42.0 Å². The van der Waals surface area contributed by atoms with E-state index in [-0.39, 0.29) is 6.04 Å². The second kappa shape index (κ2) is 5.84. The molecule has 0 unspecified atom stereocenters. The largest absolute Gasteiger partial charge is 0.373 e. The number of aryl methyl sites for hydroxylation is 1. The number of anilines is 1. The number of Topliss-reactive ketones (excluding diaryl/α,β-unsaturated/α-hetero) is 1. The number of carbonyl (C=O) groups excluding carboxylic acids is 1. The van der Waals surface area contributed by atoms with E-state index >= 15 is 0 Å². The lowest BCUT2D eigenvalue weighted by Gasteiger charge is -2.35. The molecule has 1 N–H and O–H groups in total. The Morgan fingerprint density at radius 2 is 1.73 bits per heavy atom. The smallest absolute Gasteiger partial charge is 0.161 e. The van der Waals surface area contributed by atoms with Gasteiger partial charge >= 0.3 is 0 Å². The van der Waals surface area contributed by atoms with Crippen molar-refractivity contribution in [1.82, 2.24) is 0 Å². The van der Waals surface area contributed by atoms with Crippen molar-refractivity contribution < 1.29 is 4.79 Å². The summed E-state index contributed by atoms with van der Waals surface area (Å²) in [6.45, 7) is 2.13. The molecule has 128 valence electrons. The van der Waals surface area contributed by atoms with Gasteiger partial charge in [0.2, 0.25) is 0 Å². The minimum Gasteiger partial charge on any atom is -0.373 e. The molecule has 1 aliphatic carbocycles. The predicted octanol–water partition coefficient (Wildman–Crippen LogP) is 5.82. The van der Waals surface area contributed by atoms with Gasteiger partial charge in [-0.1, -0.05) is 54.6 Å². The molecule has 1 atom stereocenters. The second-order valence-corrected chi connectivity index (χ2v) is 7.31. The number of carbonyl (C=O) groups is 1. The normalized spacial score (nSPS) is 19.1. The van der Waals surface area contributed by atoms with E-state index in [0.29, 0.717) is 12.2 Å². The molecular formula is C24H21NO. The molecule has 0 bridgehead atoms. The number of nitrogens with one attached hydrogen (secondary N) is 1. The third-order valence-corrected chi connectivity index (χ3v) is 5.77. The highest BCUT2D eigenvalue weighted by Gasteiger charge is 2.35. The van der Waals surface area contributed by atoms with E-state index in [2.05, 4.69) is 72.9 Å². The fraction of sp³-hybridized carbons (Fsp3) is 0.208. The van der Waals surface area contributed by atoms with Crippen LogP contribution in [-0.2, 0) is 4.79 Å². The first-order valence-corrected chi connectivity index (χ1v) is 9.34. The molecule has 5 rings (SSSR count). The van der Waals surface area contributed by atoms with Gasteiger partial charge in [0.1, 0.15) is 0 Å². The summed E-state index contributed by atoms with van der Waals surface area (Å²) in [7, 11) is 0. The van der Waals surface area contributed by atoms with E-state index < -0.39 is 0 Å². The van der Waals surface area contributed by atoms with Crippen LogP contribution in [0.15, 0.2) is 66.2 Å².